The number of carbonyl (C=O) groups is 1. The predicted molar refractivity (Wildman–Crippen MR) is 210 cm³/mol. The highest BCUT2D eigenvalue weighted by Gasteiger charge is 2.20. The van der Waals surface area contributed by atoms with E-state index < -0.39 is 0 Å². The van der Waals surface area contributed by atoms with E-state index in [1.165, 1.54) is 22.3 Å². The number of aryl methyl sites for hydroxylation is 4. The Kier molecular flexibility index (Phi) is 12.4. The van der Waals surface area contributed by atoms with Crippen LogP contribution in [0.4, 0.5) is 0 Å². The topological polar surface area (TPSA) is 73.4 Å². The molecule has 53 heavy (non-hydrogen) atoms. The molecular weight excluding hydrogens is 663 g/mol. The maximum absolute atomic E-state index is 13.1. The summed E-state index contributed by atoms with van der Waals surface area (Å²) < 4.78 is 23.2. The van der Waals surface area contributed by atoms with E-state index in [-0.39, 0.29) is 5.91 Å². The molecule has 1 fully saturated rings. The van der Waals surface area contributed by atoms with Gasteiger partial charge in [0.05, 0.1) is 19.9 Å². The van der Waals surface area contributed by atoms with Crippen molar-refractivity contribution in [3.63, 3.8) is 0 Å². The Balaban J connectivity index is 0.943. The van der Waals surface area contributed by atoms with Crippen molar-refractivity contribution < 1.29 is 23.7 Å². The van der Waals surface area contributed by atoms with Crippen molar-refractivity contribution in [3.8, 4) is 28.9 Å². The molecule has 1 aromatic heterocycles. The largest absolute Gasteiger partial charge is 0.497 e. The highest BCUT2D eigenvalue weighted by Crippen LogP contribution is 2.30. The van der Waals surface area contributed by atoms with Crippen molar-refractivity contribution in [2.45, 2.75) is 47.3 Å². The Morgan fingerprint density at radius 1 is 0.736 bits per heavy atom. The van der Waals surface area contributed by atoms with Crippen LogP contribution in [0.5, 0.6) is 28.9 Å². The van der Waals surface area contributed by atoms with Crippen LogP contribution in [0, 0.1) is 27.7 Å². The van der Waals surface area contributed by atoms with Crippen molar-refractivity contribution in [1.29, 1.82) is 0 Å². The molecule has 1 aliphatic rings. The molecule has 0 radical (unpaired) electrons. The highest BCUT2D eigenvalue weighted by atomic mass is 16.5. The van der Waals surface area contributed by atoms with Gasteiger partial charge >= 0.3 is 0 Å². The normalized spacial score (nSPS) is 13.3. The van der Waals surface area contributed by atoms with E-state index in [2.05, 4.69) is 54.1 Å². The lowest BCUT2D eigenvalue weighted by atomic mass is 10.0. The lowest BCUT2D eigenvalue weighted by Crippen LogP contribution is -2.47. The van der Waals surface area contributed by atoms with E-state index in [0.29, 0.717) is 37.9 Å². The van der Waals surface area contributed by atoms with Gasteiger partial charge in [-0.05, 0) is 115 Å². The first-order chi connectivity index (χ1) is 25.7. The van der Waals surface area contributed by atoms with Gasteiger partial charge in [-0.2, -0.15) is 0 Å². The number of benzene rings is 4. The molecule has 0 atom stereocenters. The van der Waals surface area contributed by atoms with Crippen molar-refractivity contribution in [1.82, 2.24) is 14.8 Å². The summed E-state index contributed by atoms with van der Waals surface area (Å²) in [6.45, 7) is 13.3. The van der Waals surface area contributed by atoms with Gasteiger partial charge in [0.1, 0.15) is 29.6 Å². The van der Waals surface area contributed by atoms with Crippen molar-refractivity contribution in [2.24, 2.45) is 0 Å². The number of hydrogen-bond acceptors (Lipinski definition) is 7. The summed E-state index contributed by atoms with van der Waals surface area (Å²) in [6.07, 6.45) is 6.11. The Hall–Kier alpha value is -5.60. The van der Waals surface area contributed by atoms with Gasteiger partial charge in [0.25, 0.3) is 0 Å². The average molecular weight is 712 g/mol. The second-order valence-electron chi connectivity index (χ2n) is 13.7. The van der Waals surface area contributed by atoms with E-state index in [1.807, 2.05) is 79.4 Å². The number of rotatable bonds is 14. The summed E-state index contributed by atoms with van der Waals surface area (Å²) in [7, 11) is 1.65. The number of ether oxygens (including phenoxy) is 4. The maximum atomic E-state index is 13.1. The summed E-state index contributed by atoms with van der Waals surface area (Å²) in [5, 5.41) is 0. The van der Waals surface area contributed by atoms with Gasteiger partial charge in [0.15, 0.2) is 0 Å². The Bertz CT molecular complexity index is 1980. The van der Waals surface area contributed by atoms with E-state index in [0.717, 1.165) is 65.6 Å². The predicted octanol–water partition coefficient (Wildman–Crippen LogP) is 8.67. The molecule has 0 spiro atoms. The fourth-order valence-electron chi connectivity index (χ4n) is 6.40. The number of amides is 1. The SMILES string of the molecule is COc1ccc(COc2ccc(Oc3c(C)cc(C=CC(=O)N4CCN(Cc5ccc(CCOc6ccc(C)cc6)cc5C)CC4)cc3C)nc2)cc1. The molecule has 0 aliphatic carbocycles. The van der Waals surface area contributed by atoms with E-state index in [9.17, 15) is 4.79 Å². The minimum absolute atomic E-state index is 0.0344. The third kappa shape index (κ3) is 10.5. The fraction of sp³-hybridized carbons (Fsp3) is 0.289. The van der Waals surface area contributed by atoms with Gasteiger partial charge in [-0.1, -0.05) is 48.0 Å². The summed E-state index contributed by atoms with van der Waals surface area (Å²) in [4.78, 5) is 22.0. The smallest absolute Gasteiger partial charge is 0.246 e. The van der Waals surface area contributed by atoms with Gasteiger partial charge in [-0.25, -0.2) is 4.98 Å². The van der Waals surface area contributed by atoms with Gasteiger partial charge in [0, 0.05) is 51.3 Å². The third-order valence-corrected chi connectivity index (χ3v) is 9.55. The Morgan fingerprint density at radius 3 is 2.08 bits per heavy atom. The van der Waals surface area contributed by atoms with Crippen LogP contribution in [0.3, 0.4) is 0 Å². The first-order valence-corrected chi connectivity index (χ1v) is 18.2. The quantitative estimate of drug-likeness (QED) is 0.107. The second-order valence-corrected chi connectivity index (χ2v) is 13.7. The number of aromatic nitrogens is 1. The molecule has 4 aromatic carbocycles. The molecule has 274 valence electrons. The molecule has 2 heterocycles. The standard InChI is InChI=1S/C45H49N3O5/c1-32-6-13-41(14-7-32)51-25-20-36-8-12-39(33(2)26-36)30-47-21-23-48(24-22-47)44(49)19-11-38-27-34(3)45(35(4)28-38)53-43-18-17-42(29-46-43)52-31-37-9-15-40(50-5)16-10-37/h6-19,26-29H,20-25,30-31H2,1-5H3. The maximum Gasteiger partial charge on any atom is 0.246 e. The van der Waals surface area contributed by atoms with E-state index >= 15 is 0 Å². The first-order valence-electron chi connectivity index (χ1n) is 18.2. The summed E-state index contributed by atoms with van der Waals surface area (Å²) in [5.74, 6) is 3.65. The zero-order valence-electron chi connectivity index (χ0n) is 31.4. The van der Waals surface area contributed by atoms with Crippen LogP contribution in [0.25, 0.3) is 6.08 Å². The molecule has 1 saturated heterocycles. The average Bonchev–Trinajstić information content (AvgIpc) is 3.17. The minimum atomic E-state index is 0.0344. The third-order valence-electron chi connectivity index (χ3n) is 9.55. The highest BCUT2D eigenvalue weighted by molar-refractivity contribution is 5.92. The number of nitrogens with zero attached hydrogens (tertiary/aromatic N) is 3. The number of piperazine rings is 1. The second kappa shape index (κ2) is 17.8. The molecular formula is C45H49N3O5. The molecule has 0 bridgehead atoms. The van der Waals surface area contributed by atoms with Gasteiger partial charge in [-0.3, -0.25) is 9.69 Å². The van der Waals surface area contributed by atoms with Crippen molar-refractivity contribution >= 4 is 12.0 Å². The van der Waals surface area contributed by atoms with Crippen LogP contribution >= 0.6 is 0 Å². The lowest BCUT2D eigenvalue weighted by molar-refractivity contribution is -0.127. The molecule has 0 N–H and O–H groups in total. The molecule has 1 aliphatic heterocycles. The minimum Gasteiger partial charge on any atom is -0.497 e. The van der Waals surface area contributed by atoms with Crippen molar-refractivity contribution in [3.05, 3.63) is 148 Å². The number of pyridine rings is 1. The number of methoxy groups -OCH3 is 1. The molecule has 8 nitrogen and oxygen atoms in total. The summed E-state index contributed by atoms with van der Waals surface area (Å²) >= 11 is 0. The molecule has 5 aromatic rings. The van der Waals surface area contributed by atoms with Crippen LogP contribution < -0.4 is 18.9 Å². The van der Waals surface area contributed by atoms with Crippen LogP contribution in [0.2, 0.25) is 0 Å². The van der Waals surface area contributed by atoms with Gasteiger partial charge in [-0.15, -0.1) is 0 Å². The lowest BCUT2D eigenvalue weighted by Gasteiger charge is -2.34. The van der Waals surface area contributed by atoms with E-state index in [4.69, 9.17) is 18.9 Å². The number of carbonyl (C=O) groups excluding carboxylic acids is 1. The molecule has 8 heteroatoms. The van der Waals surface area contributed by atoms with E-state index in [1.54, 1.807) is 25.4 Å². The van der Waals surface area contributed by atoms with Crippen LogP contribution in [-0.2, 0) is 24.4 Å². The van der Waals surface area contributed by atoms with Gasteiger partial charge < -0.3 is 23.8 Å². The van der Waals surface area contributed by atoms with Crippen LogP contribution in [0.15, 0.2) is 103 Å². The first kappa shape index (κ1) is 37.2. The fourth-order valence-corrected chi connectivity index (χ4v) is 6.40. The molecule has 1 amide bonds. The monoisotopic (exact) mass is 711 g/mol. The van der Waals surface area contributed by atoms with Gasteiger partial charge in [0.2, 0.25) is 11.8 Å². The summed E-state index contributed by atoms with van der Waals surface area (Å²) in [6, 6.07) is 30.4. The van der Waals surface area contributed by atoms with Crippen LogP contribution in [-0.4, -0.2) is 60.6 Å². The summed E-state index contributed by atoms with van der Waals surface area (Å²) in [5.41, 5.74) is 9.05. The molecule has 0 unspecified atom stereocenters. The molecule has 0 saturated carbocycles. The van der Waals surface area contributed by atoms with Crippen LogP contribution in [0.1, 0.15) is 44.5 Å². The zero-order chi connectivity index (χ0) is 37.2. The Morgan fingerprint density at radius 2 is 1.42 bits per heavy atom. The zero-order valence-corrected chi connectivity index (χ0v) is 31.4. The number of hydrogen-bond donors (Lipinski definition) is 0. The molecule has 6 rings (SSSR count). The Labute approximate surface area is 313 Å². The van der Waals surface area contributed by atoms with Crippen molar-refractivity contribution in [2.75, 3.05) is 39.9 Å².